The van der Waals surface area contributed by atoms with Crippen LogP contribution in [-0.2, 0) is 10.0 Å². The summed E-state index contributed by atoms with van der Waals surface area (Å²) in [5, 5.41) is 8.79. The van der Waals surface area contributed by atoms with Gasteiger partial charge < -0.3 is 4.90 Å². The van der Waals surface area contributed by atoms with Crippen LogP contribution >= 0.6 is 11.6 Å². The lowest BCUT2D eigenvalue weighted by Crippen LogP contribution is -2.42. The summed E-state index contributed by atoms with van der Waals surface area (Å²) in [5.41, 5.74) is 0. The Morgan fingerprint density at radius 3 is 2.32 bits per heavy atom. The van der Waals surface area contributed by atoms with Gasteiger partial charge in [0.05, 0.1) is 11.4 Å². The minimum atomic E-state index is -3.67. The fraction of sp³-hybridized carbons (Fsp3) is 0.533. The van der Waals surface area contributed by atoms with Gasteiger partial charge in [-0.1, -0.05) is 30.9 Å². The summed E-state index contributed by atoms with van der Waals surface area (Å²) >= 11 is 5.82. The van der Waals surface area contributed by atoms with Gasteiger partial charge in [0.2, 0.25) is 5.96 Å². The van der Waals surface area contributed by atoms with Crippen LogP contribution in [0.2, 0.25) is 5.02 Å². The number of nitrogens with zero attached hydrogens (tertiary/aromatic N) is 2. The largest absolute Gasteiger partial charge is 0.337 e. The molecule has 0 atom stereocenters. The lowest BCUT2D eigenvalue weighted by molar-refractivity contribution is 0.260. The van der Waals surface area contributed by atoms with E-state index in [0.717, 1.165) is 12.8 Å². The van der Waals surface area contributed by atoms with Gasteiger partial charge in [-0.25, -0.2) is 12.7 Å². The highest BCUT2D eigenvalue weighted by Crippen LogP contribution is 2.28. The molecule has 1 aromatic rings. The maximum atomic E-state index is 12.7. The van der Waals surface area contributed by atoms with Gasteiger partial charge in [-0.15, -0.1) is 0 Å². The third-order valence-electron chi connectivity index (χ3n) is 4.47. The molecule has 0 radical (unpaired) electrons. The van der Waals surface area contributed by atoms with Crippen LogP contribution in [0.1, 0.15) is 32.1 Å². The number of nitrogens with one attached hydrogen (secondary N) is 1. The average molecular weight is 342 g/mol. The van der Waals surface area contributed by atoms with Crippen molar-refractivity contribution in [3.63, 3.8) is 0 Å². The second-order valence-electron chi connectivity index (χ2n) is 5.84. The second-order valence-corrected chi connectivity index (χ2v) is 8.14. The molecule has 5 nitrogen and oxygen atoms in total. The van der Waals surface area contributed by atoms with E-state index in [9.17, 15) is 8.42 Å². The van der Waals surface area contributed by atoms with Crippen LogP contribution in [0.4, 0.5) is 0 Å². The Kier molecular flexibility index (Phi) is 4.32. The van der Waals surface area contributed by atoms with Gasteiger partial charge in [0.1, 0.15) is 0 Å². The van der Waals surface area contributed by atoms with E-state index in [0.29, 0.717) is 24.2 Å². The molecular formula is C15H20ClN3O2S. The average Bonchev–Trinajstić information content (AvgIpc) is 2.91. The maximum absolute atomic E-state index is 12.7. The second kappa shape index (κ2) is 6.08. The quantitative estimate of drug-likeness (QED) is 0.919. The highest BCUT2D eigenvalue weighted by atomic mass is 35.5. The van der Waals surface area contributed by atoms with Crippen LogP contribution in [0.5, 0.6) is 0 Å². The molecule has 120 valence electrons. The molecule has 0 bridgehead atoms. The lowest BCUT2D eigenvalue weighted by atomic mass is 9.94. The molecule has 0 aromatic heterocycles. The smallest absolute Gasteiger partial charge is 0.266 e. The summed E-state index contributed by atoms with van der Waals surface area (Å²) < 4.78 is 26.6. The number of hydrogen-bond donors (Lipinski definition) is 1. The highest BCUT2D eigenvalue weighted by molar-refractivity contribution is 7.89. The van der Waals surface area contributed by atoms with Crippen molar-refractivity contribution in [2.45, 2.75) is 43.0 Å². The van der Waals surface area contributed by atoms with E-state index in [1.165, 1.54) is 35.7 Å². The van der Waals surface area contributed by atoms with Gasteiger partial charge in [-0.05, 0) is 37.1 Å². The first-order chi connectivity index (χ1) is 10.5. The fourth-order valence-corrected chi connectivity index (χ4v) is 4.78. The van der Waals surface area contributed by atoms with Gasteiger partial charge >= 0.3 is 0 Å². The molecule has 0 spiro atoms. The van der Waals surface area contributed by atoms with Crippen LogP contribution in [0.25, 0.3) is 0 Å². The minimum absolute atomic E-state index is 0.113. The van der Waals surface area contributed by atoms with Crippen LogP contribution in [0, 0.1) is 5.41 Å². The molecule has 1 saturated heterocycles. The summed E-state index contributed by atoms with van der Waals surface area (Å²) in [4.78, 5) is 2.14. The first-order valence-corrected chi connectivity index (χ1v) is 9.45. The fourth-order valence-electron chi connectivity index (χ4n) is 3.27. The van der Waals surface area contributed by atoms with Crippen molar-refractivity contribution in [1.82, 2.24) is 9.21 Å². The van der Waals surface area contributed by atoms with Gasteiger partial charge in [-0.2, -0.15) is 0 Å². The number of benzene rings is 1. The van der Waals surface area contributed by atoms with Gasteiger partial charge in [0.25, 0.3) is 10.0 Å². The van der Waals surface area contributed by atoms with Gasteiger partial charge in [0, 0.05) is 17.6 Å². The molecule has 0 amide bonds. The van der Waals surface area contributed by atoms with Crippen molar-refractivity contribution in [2.75, 3.05) is 13.1 Å². The van der Waals surface area contributed by atoms with Crippen LogP contribution in [-0.4, -0.2) is 42.7 Å². The van der Waals surface area contributed by atoms with Crippen molar-refractivity contribution in [3.05, 3.63) is 29.3 Å². The zero-order valence-electron chi connectivity index (χ0n) is 12.3. The molecule has 7 heteroatoms. The van der Waals surface area contributed by atoms with Crippen molar-refractivity contribution < 1.29 is 8.42 Å². The Hall–Kier alpha value is -1.27. The predicted octanol–water partition coefficient (Wildman–Crippen LogP) is 2.91. The first kappa shape index (κ1) is 15.6. The molecule has 1 heterocycles. The topological polar surface area (TPSA) is 64.5 Å². The Morgan fingerprint density at radius 2 is 1.68 bits per heavy atom. The standard InChI is InChI=1S/C15H20ClN3O2S/c16-12-6-8-14(9-7-12)22(20,21)19-11-10-18(15(19)17)13-4-2-1-3-5-13/h6-9,13,17H,1-5,10-11H2. The van der Waals surface area contributed by atoms with Crippen molar-refractivity contribution in [2.24, 2.45) is 0 Å². The van der Waals surface area contributed by atoms with E-state index in [2.05, 4.69) is 0 Å². The van der Waals surface area contributed by atoms with E-state index < -0.39 is 10.0 Å². The Labute approximate surface area is 136 Å². The van der Waals surface area contributed by atoms with Crippen LogP contribution in [0.15, 0.2) is 29.2 Å². The summed E-state index contributed by atoms with van der Waals surface area (Å²) in [6.07, 6.45) is 5.68. The van der Waals surface area contributed by atoms with Crippen molar-refractivity contribution >= 4 is 27.6 Å². The molecule has 1 N–H and O–H groups in total. The Bertz CT molecular complexity index is 654. The summed E-state index contributed by atoms with van der Waals surface area (Å²) in [7, 11) is -3.67. The minimum Gasteiger partial charge on any atom is -0.337 e. The van der Waals surface area contributed by atoms with Crippen LogP contribution in [0.3, 0.4) is 0 Å². The predicted molar refractivity (Wildman–Crippen MR) is 86.6 cm³/mol. The molecule has 1 aliphatic carbocycles. The molecule has 0 unspecified atom stereocenters. The van der Waals surface area contributed by atoms with E-state index in [-0.39, 0.29) is 10.9 Å². The summed E-state index contributed by atoms with van der Waals surface area (Å²) in [6, 6.07) is 6.43. The van der Waals surface area contributed by atoms with Crippen molar-refractivity contribution in [3.8, 4) is 0 Å². The normalized spacial score (nSPS) is 20.7. The maximum Gasteiger partial charge on any atom is 0.266 e. The number of rotatable bonds is 3. The van der Waals surface area contributed by atoms with Gasteiger partial charge in [-0.3, -0.25) is 5.41 Å². The molecule has 2 aliphatic rings. The summed E-state index contributed by atoms with van der Waals surface area (Å²) in [6.45, 7) is 0.955. The van der Waals surface area contributed by atoms with E-state index in [1.807, 2.05) is 4.90 Å². The molecular weight excluding hydrogens is 322 g/mol. The van der Waals surface area contributed by atoms with Crippen LogP contribution < -0.4 is 0 Å². The first-order valence-electron chi connectivity index (χ1n) is 7.63. The number of hydrogen-bond acceptors (Lipinski definition) is 3. The van der Waals surface area contributed by atoms with E-state index in [4.69, 9.17) is 17.0 Å². The highest BCUT2D eigenvalue weighted by Gasteiger charge is 2.38. The Balaban J connectivity index is 1.80. The SMILES string of the molecule is N=C1N(C2CCCCC2)CCN1S(=O)(=O)c1ccc(Cl)cc1. The molecule has 22 heavy (non-hydrogen) atoms. The van der Waals surface area contributed by atoms with Gasteiger partial charge in [0.15, 0.2) is 0 Å². The molecule has 2 fully saturated rings. The zero-order valence-corrected chi connectivity index (χ0v) is 13.9. The number of sulfonamides is 1. The lowest BCUT2D eigenvalue weighted by Gasteiger charge is -2.32. The third kappa shape index (κ3) is 2.82. The zero-order chi connectivity index (χ0) is 15.7. The number of guanidine groups is 1. The molecule has 3 rings (SSSR count). The summed E-state index contributed by atoms with van der Waals surface area (Å²) in [5.74, 6) is 0.113. The molecule has 1 saturated carbocycles. The monoisotopic (exact) mass is 341 g/mol. The third-order valence-corrected chi connectivity index (χ3v) is 6.53. The molecule has 1 aromatic carbocycles. The van der Waals surface area contributed by atoms with E-state index >= 15 is 0 Å². The number of halogens is 1. The molecule has 1 aliphatic heterocycles. The van der Waals surface area contributed by atoms with Crippen molar-refractivity contribution in [1.29, 1.82) is 5.41 Å². The van der Waals surface area contributed by atoms with E-state index in [1.54, 1.807) is 12.1 Å². The Morgan fingerprint density at radius 1 is 1.05 bits per heavy atom.